The molecule has 0 aliphatic rings. The number of allylic oxidation sites excluding steroid dienone is 3. The fourth-order valence-corrected chi connectivity index (χ4v) is 1.96. The highest BCUT2D eigenvalue weighted by atomic mass is 19.3. The molecule has 1 aromatic rings. The number of alkyl halides is 2. The van der Waals surface area contributed by atoms with Crippen molar-refractivity contribution in [2.75, 3.05) is 7.11 Å². The molecule has 0 heterocycles. The van der Waals surface area contributed by atoms with Crippen LogP contribution >= 0.6 is 0 Å². The van der Waals surface area contributed by atoms with Crippen LogP contribution in [0.15, 0.2) is 41.5 Å². The molecule has 0 amide bonds. The average molecular weight is 293 g/mol. The van der Waals surface area contributed by atoms with Crippen LogP contribution in [0.4, 0.5) is 8.78 Å². The van der Waals surface area contributed by atoms with Gasteiger partial charge in [-0.25, -0.2) is 0 Å². The van der Waals surface area contributed by atoms with Gasteiger partial charge in [-0.15, -0.1) is 0 Å². The molecular weight excluding hydrogens is 272 g/mol. The molecule has 0 radical (unpaired) electrons. The highest BCUT2D eigenvalue weighted by molar-refractivity contribution is 6.09. The van der Waals surface area contributed by atoms with Crippen LogP contribution in [0.25, 0.3) is 5.57 Å². The van der Waals surface area contributed by atoms with Crippen molar-refractivity contribution >= 4 is 11.8 Å². The molecule has 0 atom stereocenters. The molecule has 0 spiro atoms. The third-order valence-electron chi connectivity index (χ3n) is 3.12. The molecule has 0 bridgehead atoms. The summed E-state index contributed by atoms with van der Waals surface area (Å²) in [6.45, 7) is 8.30. The van der Waals surface area contributed by atoms with Gasteiger partial charge < -0.3 is 4.74 Å². The number of ether oxygens (including phenoxy) is 1. The van der Waals surface area contributed by atoms with Gasteiger partial charge in [-0.2, -0.15) is 8.78 Å². The Balaban J connectivity index is 3.05. The number of hydrogen-bond acceptors (Lipinski definition) is 2. The molecule has 4 heteroatoms. The number of aliphatic imine (C=N–C) groups is 1. The number of benzene rings is 1. The van der Waals surface area contributed by atoms with Crippen LogP contribution in [0, 0.1) is 0 Å². The fraction of sp³-hybridized carbons (Fsp3) is 0.353. The maximum Gasteiger partial charge on any atom is 0.286 e. The molecule has 0 saturated carbocycles. The van der Waals surface area contributed by atoms with Crippen molar-refractivity contribution in [2.24, 2.45) is 4.99 Å². The molecule has 114 valence electrons. The lowest BCUT2D eigenvalue weighted by Crippen LogP contribution is -2.12. The van der Waals surface area contributed by atoms with Gasteiger partial charge in [0, 0.05) is 13.1 Å². The first-order chi connectivity index (χ1) is 9.83. The van der Waals surface area contributed by atoms with E-state index in [0.29, 0.717) is 5.57 Å². The lowest BCUT2D eigenvalue weighted by atomic mass is 9.99. The normalized spacial score (nSPS) is 12.8. The van der Waals surface area contributed by atoms with E-state index in [1.54, 1.807) is 7.11 Å². The number of halogens is 2. The number of aryl methyl sites for hydroxylation is 1. The van der Waals surface area contributed by atoms with Crippen molar-refractivity contribution in [3.05, 3.63) is 47.7 Å². The van der Waals surface area contributed by atoms with Crippen LogP contribution in [0.2, 0.25) is 0 Å². The summed E-state index contributed by atoms with van der Waals surface area (Å²) in [6, 6.07) is 5.60. The number of hydrogen-bond donors (Lipinski definition) is 0. The Labute approximate surface area is 124 Å². The van der Waals surface area contributed by atoms with Gasteiger partial charge in [-0.05, 0) is 42.2 Å². The summed E-state index contributed by atoms with van der Waals surface area (Å²) in [6.07, 6.45) is 3.48. The van der Waals surface area contributed by atoms with Gasteiger partial charge in [0.15, 0.2) is 0 Å². The van der Waals surface area contributed by atoms with E-state index in [4.69, 9.17) is 4.74 Å². The van der Waals surface area contributed by atoms with E-state index in [9.17, 15) is 8.78 Å². The summed E-state index contributed by atoms with van der Waals surface area (Å²) in [4.78, 5) is 3.86. The molecule has 0 unspecified atom stereocenters. The Morgan fingerprint density at radius 2 is 2.10 bits per heavy atom. The van der Waals surface area contributed by atoms with E-state index in [2.05, 4.69) is 11.6 Å². The van der Waals surface area contributed by atoms with E-state index in [-0.39, 0.29) is 5.70 Å². The van der Waals surface area contributed by atoms with Crippen molar-refractivity contribution < 1.29 is 13.5 Å². The SMILES string of the molecule is C=C(/C=N\C(=C/C)C(C)(F)F)c1ccc(OC)cc1CC. The molecule has 21 heavy (non-hydrogen) atoms. The fourth-order valence-electron chi connectivity index (χ4n) is 1.96. The van der Waals surface area contributed by atoms with E-state index in [0.717, 1.165) is 30.2 Å². The molecule has 2 nitrogen and oxygen atoms in total. The van der Waals surface area contributed by atoms with Gasteiger partial charge in [0.25, 0.3) is 5.92 Å². The largest absolute Gasteiger partial charge is 0.497 e. The molecular formula is C17H21F2NO. The summed E-state index contributed by atoms with van der Waals surface area (Å²) in [5.74, 6) is -2.20. The van der Waals surface area contributed by atoms with Crippen LogP contribution in [0.3, 0.4) is 0 Å². The van der Waals surface area contributed by atoms with Gasteiger partial charge >= 0.3 is 0 Å². The van der Waals surface area contributed by atoms with Crippen LogP contribution < -0.4 is 4.74 Å². The predicted octanol–water partition coefficient (Wildman–Crippen LogP) is 4.90. The quantitative estimate of drug-likeness (QED) is 0.683. The average Bonchev–Trinajstić information content (AvgIpc) is 2.45. The van der Waals surface area contributed by atoms with E-state index in [1.807, 2.05) is 25.1 Å². The van der Waals surface area contributed by atoms with Gasteiger partial charge in [0.1, 0.15) is 11.4 Å². The summed E-state index contributed by atoms with van der Waals surface area (Å²) in [5, 5.41) is 0. The topological polar surface area (TPSA) is 21.6 Å². The lowest BCUT2D eigenvalue weighted by molar-refractivity contribution is 0.0621. The lowest BCUT2D eigenvalue weighted by Gasteiger charge is -2.12. The van der Waals surface area contributed by atoms with Crippen molar-refractivity contribution in [1.82, 2.24) is 0 Å². The van der Waals surface area contributed by atoms with Gasteiger partial charge in [0.2, 0.25) is 0 Å². The van der Waals surface area contributed by atoms with Gasteiger partial charge in [-0.1, -0.05) is 25.6 Å². The summed E-state index contributed by atoms with van der Waals surface area (Å²) in [7, 11) is 1.60. The second kappa shape index (κ2) is 7.16. The Morgan fingerprint density at radius 3 is 2.57 bits per heavy atom. The van der Waals surface area contributed by atoms with Crippen LogP contribution in [-0.4, -0.2) is 19.2 Å². The molecule has 0 aliphatic heterocycles. The monoisotopic (exact) mass is 293 g/mol. The summed E-state index contributed by atoms with van der Waals surface area (Å²) < 4.78 is 31.7. The summed E-state index contributed by atoms with van der Waals surface area (Å²) >= 11 is 0. The second-order valence-electron chi connectivity index (χ2n) is 4.72. The maximum atomic E-state index is 13.3. The number of rotatable bonds is 6. The second-order valence-corrected chi connectivity index (χ2v) is 4.72. The molecule has 0 saturated heterocycles. The molecule has 0 aromatic heterocycles. The van der Waals surface area contributed by atoms with Crippen molar-refractivity contribution in [2.45, 2.75) is 33.1 Å². The first-order valence-electron chi connectivity index (χ1n) is 6.78. The molecule has 1 rings (SSSR count). The summed E-state index contributed by atoms with van der Waals surface area (Å²) in [5.41, 5.74) is 2.25. The van der Waals surface area contributed by atoms with Crippen molar-refractivity contribution in [1.29, 1.82) is 0 Å². The number of nitrogens with zero attached hydrogens (tertiary/aromatic N) is 1. The maximum absolute atomic E-state index is 13.3. The molecule has 1 aromatic carbocycles. The Morgan fingerprint density at radius 1 is 1.43 bits per heavy atom. The Bertz CT molecular complexity index is 569. The van der Waals surface area contributed by atoms with E-state index in [1.165, 1.54) is 19.2 Å². The molecule has 0 N–H and O–H groups in total. The first kappa shape index (κ1) is 17.1. The minimum absolute atomic E-state index is 0.268. The highest BCUT2D eigenvalue weighted by Crippen LogP contribution is 2.26. The minimum atomic E-state index is -2.96. The minimum Gasteiger partial charge on any atom is -0.497 e. The predicted molar refractivity (Wildman–Crippen MR) is 84.3 cm³/mol. The van der Waals surface area contributed by atoms with Crippen molar-refractivity contribution in [3.8, 4) is 5.75 Å². The Kier molecular flexibility index (Phi) is 5.82. The zero-order valence-electron chi connectivity index (χ0n) is 12.9. The van der Waals surface area contributed by atoms with E-state index < -0.39 is 5.92 Å². The van der Waals surface area contributed by atoms with Crippen LogP contribution in [-0.2, 0) is 6.42 Å². The van der Waals surface area contributed by atoms with Gasteiger partial charge in [-0.3, -0.25) is 4.99 Å². The molecule has 0 aliphatic carbocycles. The zero-order chi connectivity index (χ0) is 16.0. The van der Waals surface area contributed by atoms with Crippen molar-refractivity contribution in [3.63, 3.8) is 0 Å². The van der Waals surface area contributed by atoms with Crippen LogP contribution in [0.5, 0.6) is 5.75 Å². The zero-order valence-corrected chi connectivity index (χ0v) is 12.9. The highest BCUT2D eigenvalue weighted by Gasteiger charge is 2.26. The number of methoxy groups -OCH3 is 1. The Hall–Kier alpha value is -1.97. The van der Waals surface area contributed by atoms with Gasteiger partial charge in [0.05, 0.1) is 7.11 Å². The third-order valence-corrected chi connectivity index (χ3v) is 3.12. The van der Waals surface area contributed by atoms with Crippen LogP contribution in [0.1, 0.15) is 31.9 Å². The molecule has 0 fully saturated rings. The van der Waals surface area contributed by atoms with E-state index >= 15 is 0 Å². The first-order valence-corrected chi connectivity index (χ1v) is 6.78. The third kappa shape index (κ3) is 4.52. The smallest absolute Gasteiger partial charge is 0.286 e. The standard InChI is InChI=1S/C17H21F2NO/c1-6-13-10-14(21-5)8-9-15(13)12(3)11-20-16(7-2)17(4,18)19/h7-11H,3,6H2,1-2,4-5H3/b16-7-,20-11-.